The summed E-state index contributed by atoms with van der Waals surface area (Å²) < 4.78 is 5.19. The molecule has 0 aliphatic heterocycles. The minimum absolute atomic E-state index is 0.0518. The molecule has 11 heavy (non-hydrogen) atoms. The number of hydrogen-bond acceptors (Lipinski definition) is 2. The molecule has 0 heterocycles. The van der Waals surface area contributed by atoms with E-state index in [2.05, 4.69) is 6.92 Å². The van der Waals surface area contributed by atoms with E-state index in [1.807, 2.05) is 6.92 Å². The summed E-state index contributed by atoms with van der Waals surface area (Å²) in [6, 6.07) is 0. The normalized spacial score (nSPS) is 30.4. The van der Waals surface area contributed by atoms with Gasteiger partial charge in [-0.05, 0) is 25.2 Å². The Bertz CT molecular complexity index is 142. The smallest absolute Gasteiger partial charge is 0.305 e. The average molecular weight is 156 g/mol. The molecule has 0 aromatic rings. The zero-order chi connectivity index (χ0) is 8.27. The van der Waals surface area contributed by atoms with Gasteiger partial charge in [-0.3, -0.25) is 4.79 Å². The number of ether oxygens (including phenoxy) is 1. The third-order valence-electron chi connectivity index (χ3n) is 2.23. The summed E-state index contributed by atoms with van der Waals surface area (Å²) in [7, 11) is 0. The molecular formula is C9H16O2. The van der Waals surface area contributed by atoms with E-state index in [0.717, 1.165) is 18.8 Å². The third kappa shape index (κ3) is 2.52. The van der Waals surface area contributed by atoms with E-state index in [1.54, 1.807) is 0 Å². The van der Waals surface area contributed by atoms with Crippen molar-refractivity contribution in [1.29, 1.82) is 0 Å². The summed E-state index contributed by atoms with van der Waals surface area (Å²) in [6.07, 6.45) is 4.06. The van der Waals surface area contributed by atoms with Gasteiger partial charge in [0.1, 0.15) is 6.10 Å². The van der Waals surface area contributed by atoms with Gasteiger partial charge in [0.25, 0.3) is 0 Å². The number of esters is 1. The van der Waals surface area contributed by atoms with E-state index >= 15 is 0 Å². The van der Waals surface area contributed by atoms with Gasteiger partial charge in [-0.2, -0.15) is 0 Å². The van der Waals surface area contributed by atoms with Crippen molar-refractivity contribution in [2.75, 3.05) is 0 Å². The molecule has 64 valence electrons. The van der Waals surface area contributed by atoms with E-state index in [0.29, 0.717) is 6.42 Å². The first-order valence-electron chi connectivity index (χ1n) is 4.41. The summed E-state index contributed by atoms with van der Waals surface area (Å²) in [5.41, 5.74) is 0. The SMILES string of the molecule is CCC(=O)OC1CCC(C)C1. The first kappa shape index (κ1) is 8.57. The largest absolute Gasteiger partial charge is 0.462 e. The van der Waals surface area contributed by atoms with Crippen molar-refractivity contribution in [3.63, 3.8) is 0 Å². The molecule has 0 N–H and O–H groups in total. The van der Waals surface area contributed by atoms with Crippen LogP contribution in [0.5, 0.6) is 0 Å². The summed E-state index contributed by atoms with van der Waals surface area (Å²) in [4.78, 5) is 10.9. The van der Waals surface area contributed by atoms with Crippen LogP contribution in [0.4, 0.5) is 0 Å². The van der Waals surface area contributed by atoms with Crippen molar-refractivity contribution < 1.29 is 9.53 Å². The van der Waals surface area contributed by atoms with Crippen molar-refractivity contribution in [1.82, 2.24) is 0 Å². The Morgan fingerprint density at radius 2 is 2.27 bits per heavy atom. The zero-order valence-electron chi connectivity index (χ0n) is 7.30. The van der Waals surface area contributed by atoms with E-state index in [9.17, 15) is 4.79 Å². The molecule has 1 aliphatic carbocycles. The van der Waals surface area contributed by atoms with Gasteiger partial charge in [-0.15, -0.1) is 0 Å². The molecule has 2 atom stereocenters. The van der Waals surface area contributed by atoms with Crippen molar-refractivity contribution in [3.05, 3.63) is 0 Å². The van der Waals surface area contributed by atoms with Crippen LogP contribution >= 0.6 is 0 Å². The van der Waals surface area contributed by atoms with Gasteiger partial charge in [0, 0.05) is 6.42 Å². The molecule has 2 heteroatoms. The quantitative estimate of drug-likeness (QED) is 0.572. The molecular weight excluding hydrogens is 140 g/mol. The Morgan fingerprint density at radius 1 is 1.55 bits per heavy atom. The summed E-state index contributed by atoms with van der Waals surface area (Å²) in [5.74, 6) is 0.689. The standard InChI is InChI=1S/C9H16O2/c1-3-9(10)11-8-5-4-7(2)6-8/h7-8H,3-6H2,1-2H3. The number of carbonyl (C=O) groups excluding carboxylic acids is 1. The lowest BCUT2D eigenvalue weighted by Crippen LogP contribution is -2.13. The maximum atomic E-state index is 10.9. The topological polar surface area (TPSA) is 26.3 Å². The Balaban J connectivity index is 2.23. The molecule has 0 radical (unpaired) electrons. The first-order valence-corrected chi connectivity index (χ1v) is 4.41. The van der Waals surface area contributed by atoms with Crippen molar-refractivity contribution in [3.8, 4) is 0 Å². The van der Waals surface area contributed by atoms with Gasteiger partial charge in [0.15, 0.2) is 0 Å². The molecule has 0 amide bonds. The highest BCUT2D eigenvalue weighted by Crippen LogP contribution is 2.27. The molecule has 1 rings (SSSR count). The van der Waals surface area contributed by atoms with Gasteiger partial charge < -0.3 is 4.74 Å². The highest BCUT2D eigenvalue weighted by Gasteiger charge is 2.23. The monoisotopic (exact) mass is 156 g/mol. The van der Waals surface area contributed by atoms with Crippen molar-refractivity contribution in [2.24, 2.45) is 5.92 Å². The van der Waals surface area contributed by atoms with Gasteiger partial charge >= 0.3 is 5.97 Å². The van der Waals surface area contributed by atoms with E-state index in [4.69, 9.17) is 4.74 Å². The first-order chi connectivity index (χ1) is 5.22. The second kappa shape index (κ2) is 3.74. The Labute approximate surface area is 67.9 Å². The number of carbonyl (C=O) groups is 1. The third-order valence-corrected chi connectivity index (χ3v) is 2.23. The van der Waals surface area contributed by atoms with E-state index < -0.39 is 0 Å². The van der Waals surface area contributed by atoms with E-state index in [1.165, 1.54) is 6.42 Å². The summed E-state index contributed by atoms with van der Waals surface area (Å²) >= 11 is 0. The van der Waals surface area contributed by atoms with Crippen LogP contribution in [0.1, 0.15) is 39.5 Å². The van der Waals surface area contributed by atoms with Gasteiger partial charge in [-0.1, -0.05) is 13.8 Å². The van der Waals surface area contributed by atoms with E-state index in [-0.39, 0.29) is 12.1 Å². The average Bonchev–Trinajstić information content (AvgIpc) is 2.35. The molecule has 1 saturated carbocycles. The highest BCUT2D eigenvalue weighted by atomic mass is 16.5. The van der Waals surface area contributed by atoms with Gasteiger partial charge in [0.05, 0.1) is 0 Å². The molecule has 0 spiro atoms. The molecule has 1 aliphatic rings. The number of rotatable bonds is 2. The second-order valence-electron chi connectivity index (χ2n) is 3.38. The van der Waals surface area contributed by atoms with Crippen LogP contribution in [0.3, 0.4) is 0 Å². The van der Waals surface area contributed by atoms with Crippen LogP contribution in [0.25, 0.3) is 0 Å². The molecule has 0 bridgehead atoms. The second-order valence-corrected chi connectivity index (χ2v) is 3.38. The predicted molar refractivity (Wildman–Crippen MR) is 43.2 cm³/mol. The Morgan fingerprint density at radius 3 is 2.73 bits per heavy atom. The molecule has 1 fully saturated rings. The lowest BCUT2D eigenvalue weighted by atomic mass is 10.1. The molecule has 2 nitrogen and oxygen atoms in total. The molecule has 2 unspecified atom stereocenters. The zero-order valence-corrected chi connectivity index (χ0v) is 7.30. The van der Waals surface area contributed by atoms with Crippen LogP contribution in [-0.2, 0) is 9.53 Å². The number of hydrogen-bond donors (Lipinski definition) is 0. The van der Waals surface area contributed by atoms with Crippen LogP contribution < -0.4 is 0 Å². The molecule has 0 aromatic carbocycles. The lowest BCUT2D eigenvalue weighted by molar-refractivity contribution is -0.148. The fourth-order valence-corrected chi connectivity index (χ4v) is 1.53. The van der Waals surface area contributed by atoms with Crippen LogP contribution in [-0.4, -0.2) is 12.1 Å². The summed E-state index contributed by atoms with van der Waals surface area (Å²) in [5, 5.41) is 0. The highest BCUT2D eigenvalue weighted by molar-refractivity contribution is 5.69. The molecule has 0 saturated heterocycles. The van der Waals surface area contributed by atoms with Crippen molar-refractivity contribution >= 4 is 5.97 Å². The summed E-state index contributed by atoms with van der Waals surface area (Å²) in [6.45, 7) is 4.04. The van der Waals surface area contributed by atoms with Crippen molar-refractivity contribution in [2.45, 2.75) is 45.6 Å². The Hall–Kier alpha value is -0.530. The maximum absolute atomic E-state index is 10.9. The fraction of sp³-hybridized carbons (Fsp3) is 0.889. The van der Waals surface area contributed by atoms with Gasteiger partial charge in [0.2, 0.25) is 0 Å². The Kier molecular flexibility index (Phi) is 2.92. The minimum atomic E-state index is -0.0518. The lowest BCUT2D eigenvalue weighted by Gasteiger charge is -2.10. The fourth-order valence-electron chi connectivity index (χ4n) is 1.53. The van der Waals surface area contributed by atoms with Crippen LogP contribution in [0.15, 0.2) is 0 Å². The van der Waals surface area contributed by atoms with Crippen LogP contribution in [0, 0.1) is 5.92 Å². The van der Waals surface area contributed by atoms with Crippen LogP contribution in [0.2, 0.25) is 0 Å². The minimum Gasteiger partial charge on any atom is -0.462 e. The van der Waals surface area contributed by atoms with Gasteiger partial charge in [-0.25, -0.2) is 0 Å². The molecule has 0 aromatic heterocycles. The predicted octanol–water partition coefficient (Wildman–Crippen LogP) is 2.13. The maximum Gasteiger partial charge on any atom is 0.305 e.